The van der Waals surface area contributed by atoms with Crippen LogP contribution in [0.2, 0.25) is 0 Å². The van der Waals surface area contributed by atoms with Crippen molar-refractivity contribution >= 4 is 15.7 Å². The number of benzene rings is 2. The largest absolute Gasteiger partial charge is 0.306 e. The number of nitrogens with one attached hydrogen (secondary N) is 1. The molecule has 1 aromatic heterocycles. The number of halogens is 2. The number of anilines is 1. The van der Waals surface area contributed by atoms with Gasteiger partial charge in [-0.05, 0) is 42.5 Å². The summed E-state index contributed by atoms with van der Waals surface area (Å²) in [4.78, 5) is 3.57. The molecule has 0 spiro atoms. The highest BCUT2D eigenvalue weighted by Gasteiger charge is 2.16. The van der Waals surface area contributed by atoms with E-state index in [1.54, 1.807) is 47.6 Å². The third-order valence-corrected chi connectivity index (χ3v) is 4.50. The van der Waals surface area contributed by atoms with Crippen LogP contribution in [0.25, 0.3) is 5.69 Å². The van der Waals surface area contributed by atoms with Gasteiger partial charge < -0.3 is 4.57 Å². The van der Waals surface area contributed by atoms with Crippen LogP contribution in [0, 0.1) is 11.6 Å². The van der Waals surface area contributed by atoms with Gasteiger partial charge in [-0.1, -0.05) is 0 Å². The first-order valence-corrected chi connectivity index (χ1v) is 8.00. The average Bonchev–Trinajstić information content (AvgIpc) is 3.04. The van der Waals surface area contributed by atoms with Crippen molar-refractivity contribution in [2.45, 2.75) is 4.90 Å². The molecule has 1 heterocycles. The summed E-state index contributed by atoms with van der Waals surface area (Å²) in [6.07, 6.45) is 4.99. The highest BCUT2D eigenvalue weighted by molar-refractivity contribution is 7.92. The van der Waals surface area contributed by atoms with Crippen LogP contribution in [-0.4, -0.2) is 18.0 Å². The minimum atomic E-state index is -4.00. The van der Waals surface area contributed by atoms with Crippen molar-refractivity contribution in [2.75, 3.05) is 4.72 Å². The molecule has 0 radical (unpaired) electrons. The van der Waals surface area contributed by atoms with Gasteiger partial charge in [0.05, 0.1) is 11.2 Å². The molecule has 0 aliphatic carbocycles. The predicted molar refractivity (Wildman–Crippen MR) is 80.7 cm³/mol. The number of sulfonamides is 1. The molecular weight excluding hydrogens is 324 g/mol. The van der Waals surface area contributed by atoms with Crippen LogP contribution in [-0.2, 0) is 10.0 Å². The van der Waals surface area contributed by atoms with Gasteiger partial charge in [-0.25, -0.2) is 22.2 Å². The SMILES string of the molecule is O=S(=O)(Nc1ccc(-n2ccnc2)cc1)c1ccc(F)c(F)c1. The minimum Gasteiger partial charge on any atom is -0.306 e. The van der Waals surface area contributed by atoms with Gasteiger partial charge in [-0.2, -0.15) is 0 Å². The fourth-order valence-electron chi connectivity index (χ4n) is 1.97. The Kier molecular flexibility index (Phi) is 3.83. The molecule has 23 heavy (non-hydrogen) atoms. The van der Waals surface area contributed by atoms with Crippen LogP contribution in [0.3, 0.4) is 0 Å². The van der Waals surface area contributed by atoms with Crippen LogP contribution < -0.4 is 4.72 Å². The summed E-state index contributed by atoms with van der Waals surface area (Å²) in [6.45, 7) is 0. The van der Waals surface area contributed by atoms with E-state index in [0.29, 0.717) is 11.8 Å². The Labute approximate surface area is 131 Å². The van der Waals surface area contributed by atoms with Crippen LogP contribution in [0.15, 0.2) is 66.1 Å². The summed E-state index contributed by atoms with van der Waals surface area (Å²) in [5.74, 6) is -2.32. The molecule has 2 aromatic carbocycles. The van der Waals surface area contributed by atoms with Gasteiger partial charge in [0, 0.05) is 23.8 Å². The summed E-state index contributed by atoms with van der Waals surface area (Å²) in [5, 5.41) is 0. The Morgan fingerprint density at radius 3 is 2.35 bits per heavy atom. The van der Waals surface area contributed by atoms with Crippen LogP contribution in [0.1, 0.15) is 0 Å². The zero-order valence-corrected chi connectivity index (χ0v) is 12.5. The number of hydrogen-bond acceptors (Lipinski definition) is 3. The molecule has 118 valence electrons. The Morgan fingerprint density at radius 1 is 1.00 bits per heavy atom. The first-order valence-electron chi connectivity index (χ1n) is 6.52. The second-order valence-corrected chi connectivity index (χ2v) is 6.38. The lowest BCUT2D eigenvalue weighted by Crippen LogP contribution is -2.13. The molecule has 8 heteroatoms. The van der Waals surface area contributed by atoms with Gasteiger partial charge in [0.25, 0.3) is 10.0 Å². The van der Waals surface area contributed by atoms with E-state index in [4.69, 9.17) is 0 Å². The zero-order valence-electron chi connectivity index (χ0n) is 11.6. The number of nitrogens with zero attached hydrogens (tertiary/aromatic N) is 2. The topological polar surface area (TPSA) is 64.0 Å². The normalized spacial score (nSPS) is 11.4. The van der Waals surface area contributed by atoms with Crippen LogP contribution >= 0.6 is 0 Å². The molecule has 1 N–H and O–H groups in total. The third-order valence-electron chi connectivity index (χ3n) is 3.12. The summed E-state index contributed by atoms with van der Waals surface area (Å²) in [6, 6.07) is 8.93. The van der Waals surface area contributed by atoms with Crippen molar-refractivity contribution in [3.63, 3.8) is 0 Å². The molecule has 5 nitrogen and oxygen atoms in total. The van der Waals surface area contributed by atoms with Gasteiger partial charge in [0.2, 0.25) is 0 Å². The van der Waals surface area contributed by atoms with Gasteiger partial charge in [-0.15, -0.1) is 0 Å². The van der Waals surface area contributed by atoms with Crippen LogP contribution in [0.5, 0.6) is 0 Å². The monoisotopic (exact) mass is 335 g/mol. The summed E-state index contributed by atoms with van der Waals surface area (Å²) < 4.78 is 54.5. The molecule has 3 rings (SSSR count). The van der Waals surface area contributed by atoms with E-state index in [-0.39, 0.29) is 4.90 Å². The maximum Gasteiger partial charge on any atom is 0.261 e. The number of rotatable bonds is 4. The molecule has 0 aliphatic heterocycles. The van der Waals surface area contributed by atoms with E-state index in [1.807, 2.05) is 0 Å². The quantitative estimate of drug-likeness (QED) is 0.797. The van der Waals surface area contributed by atoms with Gasteiger partial charge in [0.1, 0.15) is 0 Å². The molecule has 0 saturated heterocycles. The highest BCUT2D eigenvalue weighted by Crippen LogP contribution is 2.19. The molecule has 0 aliphatic rings. The fourth-order valence-corrected chi connectivity index (χ4v) is 3.04. The van der Waals surface area contributed by atoms with E-state index in [2.05, 4.69) is 9.71 Å². The van der Waals surface area contributed by atoms with Crippen molar-refractivity contribution in [2.24, 2.45) is 0 Å². The third kappa shape index (κ3) is 3.21. The fraction of sp³-hybridized carbons (Fsp3) is 0. The van der Waals surface area contributed by atoms with Gasteiger partial charge in [0.15, 0.2) is 11.6 Å². The standard InChI is InChI=1S/C15H11F2N3O2S/c16-14-6-5-13(9-15(14)17)23(21,22)19-11-1-3-12(4-2-11)20-8-7-18-10-20/h1-10,19H. The van der Waals surface area contributed by atoms with Crippen molar-refractivity contribution in [1.82, 2.24) is 9.55 Å². The zero-order chi connectivity index (χ0) is 16.4. The molecular formula is C15H11F2N3O2S. The second kappa shape index (κ2) is 5.81. The number of hydrogen-bond donors (Lipinski definition) is 1. The maximum atomic E-state index is 13.2. The lowest BCUT2D eigenvalue weighted by atomic mass is 10.3. The van der Waals surface area contributed by atoms with Crippen molar-refractivity contribution < 1.29 is 17.2 Å². The number of imidazole rings is 1. The molecule has 0 fully saturated rings. The van der Waals surface area contributed by atoms with Crippen molar-refractivity contribution in [3.8, 4) is 5.69 Å². The maximum absolute atomic E-state index is 13.2. The number of aromatic nitrogens is 2. The predicted octanol–water partition coefficient (Wildman–Crippen LogP) is 2.95. The lowest BCUT2D eigenvalue weighted by molar-refractivity contribution is 0.504. The molecule has 0 saturated carbocycles. The van der Waals surface area contributed by atoms with Crippen LogP contribution in [0.4, 0.5) is 14.5 Å². The Bertz CT molecular complexity index is 924. The molecule has 0 unspecified atom stereocenters. The molecule has 0 atom stereocenters. The highest BCUT2D eigenvalue weighted by atomic mass is 32.2. The Hall–Kier alpha value is -2.74. The lowest BCUT2D eigenvalue weighted by Gasteiger charge is -2.09. The Balaban J connectivity index is 1.84. The van der Waals surface area contributed by atoms with Crippen molar-refractivity contribution in [3.05, 3.63) is 72.8 Å². The minimum absolute atomic E-state index is 0.304. The van der Waals surface area contributed by atoms with E-state index in [1.165, 1.54) is 0 Å². The Morgan fingerprint density at radius 2 is 1.74 bits per heavy atom. The second-order valence-electron chi connectivity index (χ2n) is 4.70. The molecule has 0 amide bonds. The first kappa shape index (κ1) is 15.2. The smallest absolute Gasteiger partial charge is 0.261 e. The summed E-state index contributed by atoms with van der Waals surface area (Å²) in [7, 11) is -4.00. The van der Waals surface area contributed by atoms with E-state index >= 15 is 0 Å². The first-order chi connectivity index (χ1) is 11.0. The van der Waals surface area contributed by atoms with Crippen molar-refractivity contribution in [1.29, 1.82) is 0 Å². The molecule has 3 aromatic rings. The summed E-state index contributed by atoms with van der Waals surface area (Å²) >= 11 is 0. The van der Waals surface area contributed by atoms with E-state index in [9.17, 15) is 17.2 Å². The summed E-state index contributed by atoms with van der Waals surface area (Å²) in [5.41, 5.74) is 1.11. The van der Waals surface area contributed by atoms with Gasteiger partial charge in [-0.3, -0.25) is 4.72 Å². The molecule has 0 bridgehead atoms. The van der Waals surface area contributed by atoms with E-state index in [0.717, 1.165) is 17.8 Å². The van der Waals surface area contributed by atoms with E-state index < -0.39 is 21.7 Å². The van der Waals surface area contributed by atoms with Gasteiger partial charge >= 0.3 is 0 Å². The average molecular weight is 335 g/mol.